The lowest BCUT2D eigenvalue weighted by Gasteiger charge is -2.58. The van der Waals surface area contributed by atoms with Gasteiger partial charge in [0.25, 0.3) is 0 Å². The van der Waals surface area contributed by atoms with Gasteiger partial charge in [-0.05, 0) is 40.0 Å². The monoisotopic (exact) mass is 530 g/mol. The lowest BCUT2D eigenvalue weighted by atomic mass is 9.51. The van der Waals surface area contributed by atoms with E-state index in [1.165, 1.54) is 18.2 Å². The van der Waals surface area contributed by atoms with E-state index in [2.05, 4.69) is 0 Å². The van der Waals surface area contributed by atoms with Crippen LogP contribution in [0.4, 0.5) is 0 Å². The van der Waals surface area contributed by atoms with Gasteiger partial charge in [0.15, 0.2) is 0 Å². The molecule has 5 rings (SSSR count). The number of rotatable bonds is 1. The maximum Gasteiger partial charge on any atom is 0.331 e. The molecule has 0 aromatic rings. The van der Waals surface area contributed by atoms with Gasteiger partial charge in [0.1, 0.15) is 36.6 Å². The molecule has 1 saturated carbocycles. The summed E-state index contributed by atoms with van der Waals surface area (Å²) in [6.07, 6.45) is 6.92. The minimum absolute atomic E-state index is 0.0261. The molecular weight excluding hydrogens is 492 g/mol. The van der Waals surface area contributed by atoms with E-state index in [4.69, 9.17) is 23.7 Å². The van der Waals surface area contributed by atoms with Crippen LogP contribution in [-0.2, 0) is 33.3 Å². The summed E-state index contributed by atoms with van der Waals surface area (Å²) in [5.74, 6) is -1.11. The first-order valence-electron chi connectivity index (χ1n) is 13.4. The summed E-state index contributed by atoms with van der Waals surface area (Å²) in [4.78, 5) is 25.9. The molecule has 0 aromatic heterocycles. The van der Waals surface area contributed by atoms with E-state index >= 15 is 0 Å². The van der Waals surface area contributed by atoms with Crippen LogP contribution in [0.1, 0.15) is 47.0 Å². The first-order chi connectivity index (χ1) is 18.0. The number of epoxide rings is 1. The first kappa shape index (κ1) is 27.3. The van der Waals surface area contributed by atoms with Crippen molar-refractivity contribution in [1.29, 1.82) is 0 Å². The van der Waals surface area contributed by atoms with Gasteiger partial charge in [0.2, 0.25) is 0 Å². The van der Waals surface area contributed by atoms with Crippen molar-refractivity contribution in [3.63, 3.8) is 0 Å². The zero-order valence-corrected chi connectivity index (χ0v) is 22.4. The maximum atomic E-state index is 13.0. The minimum Gasteiger partial charge on any atom is -0.462 e. The highest BCUT2D eigenvalue weighted by Crippen LogP contribution is 2.72. The third-order valence-corrected chi connectivity index (χ3v) is 9.26. The second kappa shape index (κ2) is 10.0. The zero-order valence-electron chi connectivity index (χ0n) is 22.4. The molecule has 9 nitrogen and oxygen atoms in total. The van der Waals surface area contributed by atoms with Crippen LogP contribution in [0.3, 0.4) is 0 Å². The molecule has 0 amide bonds. The van der Waals surface area contributed by atoms with Gasteiger partial charge < -0.3 is 33.9 Å². The summed E-state index contributed by atoms with van der Waals surface area (Å²) in [7, 11) is 0. The minimum atomic E-state index is -1.11. The second-order valence-electron chi connectivity index (χ2n) is 11.5. The van der Waals surface area contributed by atoms with Gasteiger partial charge in [-0.1, -0.05) is 42.4 Å². The van der Waals surface area contributed by atoms with Crippen molar-refractivity contribution in [2.45, 2.75) is 89.2 Å². The van der Waals surface area contributed by atoms with Crippen LogP contribution < -0.4 is 0 Å². The van der Waals surface area contributed by atoms with Gasteiger partial charge in [-0.2, -0.15) is 0 Å². The molecule has 2 bridgehead atoms. The Balaban J connectivity index is 1.54. The van der Waals surface area contributed by atoms with Crippen molar-refractivity contribution < 1.29 is 43.5 Å². The summed E-state index contributed by atoms with van der Waals surface area (Å²) in [6.45, 7) is 8.14. The molecule has 0 aromatic carbocycles. The Morgan fingerprint density at radius 1 is 1.05 bits per heavy atom. The van der Waals surface area contributed by atoms with Gasteiger partial charge in [-0.25, -0.2) is 9.59 Å². The Hall–Kier alpha value is -2.30. The van der Waals surface area contributed by atoms with Gasteiger partial charge >= 0.3 is 11.9 Å². The van der Waals surface area contributed by atoms with Crippen molar-refractivity contribution in [1.82, 2.24) is 0 Å². The highest BCUT2D eigenvalue weighted by Gasteiger charge is 2.85. The summed E-state index contributed by atoms with van der Waals surface area (Å²) < 4.78 is 30.1. The van der Waals surface area contributed by atoms with Gasteiger partial charge in [-0.3, -0.25) is 0 Å². The summed E-state index contributed by atoms with van der Waals surface area (Å²) in [6, 6.07) is 0. The van der Waals surface area contributed by atoms with Crippen LogP contribution in [0.5, 0.6) is 0 Å². The number of hydrogen-bond donors (Lipinski definition) is 2. The quantitative estimate of drug-likeness (QED) is 0.299. The van der Waals surface area contributed by atoms with Gasteiger partial charge in [0, 0.05) is 17.6 Å². The van der Waals surface area contributed by atoms with Crippen LogP contribution in [0.25, 0.3) is 0 Å². The smallest absolute Gasteiger partial charge is 0.331 e. The van der Waals surface area contributed by atoms with E-state index < -0.39 is 65.0 Å². The molecule has 3 fully saturated rings. The average molecular weight is 531 g/mol. The number of aliphatic hydroxyl groups is 2. The number of ether oxygens (including phenoxy) is 5. The fourth-order valence-electron chi connectivity index (χ4n) is 6.89. The number of cyclic esters (lactones) is 1. The molecule has 3 heterocycles. The number of hydrogen-bond acceptors (Lipinski definition) is 9. The molecule has 2 aliphatic carbocycles. The predicted octanol–water partition coefficient (Wildman–Crippen LogP) is 2.31. The second-order valence-corrected chi connectivity index (χ2v) is 11.5. The highest BCUT2D eigenvalue weighted by molar-refractivity contribution is 5.83. The lowest BCUT2D eigenvalue weighted by Crippen LogP contribution is -2.66. The standard InChI is InChI=1S/C29H38O9/c1-17-9-11-28-15-35-23(32)14-18(2)10-12-34-20(19(3)30)7-5-6-8-22(31)38-25-24(33)26(37-21(28)13-17)29(16-36-29)27(25,28)4/h5-8,13-14,19-21,24-26,30,33H,9-12,15-16H2,1-4H3/b7-5-,8-6-,18-14-/t19-,20-,21-,24-,25-,26-,27-,28-,29+/m1/s1. The van der Waals surface area contributed by atoms with Crippen LogP contribution in [-0.4, -0.2) is 84.2 Å². The number of esters is 2. The number of aliphatic hydroxyl groups excluding tert-OH is 2. The van der Waals surface area contributed by atoms with Crippen LogP contribution >= 0.6 is 0 Å². The van der Waals surface area contributed by atoms with E-state index in [0.717, 1.165) is 17.6 Å². The fourth-order valence-corrected chi connectivity index (χ4v) is 6.89. The molecule has 2 spiro atoms. The van der Waals surface area contributed by atoms with E-state index in [0.29, 0.717) is 26.1 Å². The Labute approximate surface area is 223 Å². The molecule has 2 saturated heterocycles. The zero-order chi connectivity index (χ0) is 27.3. The van der Waals surface area contributed by atoms with Crippen molar-refractivity contribution in [3.05, 3.63) is 47.6 Å². The van der Waals surface area contributed by atoms with Gasteiger partial charge in [0.05, 0.1) is 30.8 Å². The largest absolute Gasteiger partial charge is 0.462 e. The topological polar surface area (TPSA) is 124 Å². The summed E-state index contributed by atoms with van der Waals surface area (Å²) >= 11 is 0. The van der Waals surface area contributed by atoms with Crippen molar-refractivity contribution >= 4 is 11.9 Å². The third kappa shape index (κ3) is 4.29. The molecule has 2 N–H and O–H groups in total. The van der Waals surface area contributed by atoms with E-state index in [9.17, 15) is 19.8 Å². The number of allylic oxidation sites excluding steroid dienone is 3. The maximum absolute atomic E-state index is 13.0. The normalized spacial score (nSPS) is 47.3. The summed E-state index contributed by atoms with van der Waals surface area (Å²) in [5.41, 5.74) is -0.543. The van der Waals surface area contributed by atoms with E-state index in [1.54, 1.807) is 19.1 Å². The molecule has 0 unspecified atom stereocenters. The SMILES string of the molecule is CC1=C[C@H]2O[C@@H]3[C@H](O)[C@H]4OC(=O)/C=C\C=C/[C@H]([C@@H](C)O)OCC/C(C)=C\C(=O)OC[C@@]2(CC1)[C@]4(C)[C@]31CO1. The molecule has 38 heavy (non-hydrogen) atoms. The Bertz CT molecular complexity index is 1080. The fraction of sp³-hybridized carbons (Fsp3) is 0.655. The summed E-state index contributed by atoms with van der Waals surface area (Å²) in [5, 5.41) is 21.5. The Kier molecular flexibility index (Phi) is 7.19. The molecule has 9 heteroatoms. The molecular formula is C29H38O9. The lowest BCUT2D eigenvalue weighted by molar-refractivity contribution is -0.232. The molecule has 208 valence electrons. The molecule has 0 radical (unpaired) electrons. The predicted molar refractivity (Wildman–Crippen MR) is 136 cm³/mol. The Morgan fingerprint density at radius 3 is 2.53 bits per heavy atom. The Morgan fingerprint density at radius 2 is 1.82 bits per heavy atom. The van der Waals surface area contributed by atoms with E-state index in [1.807, 2.05) is 26.8 Å². The number of carbonyl (C=O) groups is 2. The first-order valence-corrected chi connectivity index (χ1v) is 13.4. The van der Waals surface area contributed by atoms with Crippen LogP contribution in [0.2, 0.25) is 0 Å². The highest BCUT2D eigenvalue weighted by atomic mass is 16.7. The van der Waals surface area contributed by atoms with Crippen molar-refractivity contribution in [2.24, 2.45) is 10.8 Å². The average Bonchev–Trinajstić information content (AvgIpc) is 3.64. The number of carbonyl (C=O) groups excluding carboxylic acids is 2. The molecule has 9 atom stereocenters. The van der Waals surface area contributed by atoms with Crippen molar-refractivity contribution in [2.75, 3.05) is 19.8 Å². The van der Waals surface area contributed by atoms with E-state index in [-0.39, 0.29) is 6.61 Å². The third-order valence-electron chi connectivity index (χ3n) is 9.26. The molecule has 3 aliphatic heterocycles. The van der Waals surface area contributed by atoms with Crippen LogP contribution in [0.15, 0.2) is 47.6 Å². The molecule has 5 aliphatic rings. The van der Waals surface area contributed by atoms with Crippen molar-refractivity contribution in [3.8, 4) is 0 Å². The van der Waals surface area contributed by atoms with Crippen LogP contribution in [0, 0.1) is 10.8 Å². The van der Waals surface area contributed by atoms with Gasteiger partial charge in [-0.15, -0.1) is 0 Å².